The van der Waals surface area contributed by atoms with Gasteiger partial charge in [-0.15, -0.1) is 0 Å². The lowest BCUT2D eigenvalue weighted by molar-refractivity contribution is -0.121. The molecule has 1 heterocycles. The summed E-state index contributed by atoms with van der Waals surface area (Å²) in [5, 5.41) is 2.63. The third-order valence-electron chi connectivity index (χ3n) is 2.17. The minimum Gasteiger partial charge on any atom is -0.397 e. The number of nitrogen functional groups attached to an aromatic ring is 1. The fourth-order valence-corrected chi connectivity index (χ4v) is 1.29. The van der Waals surface area contributed by atoms with Crippen LogP contribution in [0.4, 0.5) is 5.69 Å². The van der Waals surface area contributed by atoms with Crippen LogP contribution >= 0.6 is 0 Å². The second kappa shape index (κ2) is 4.63. The molecule has 0 saturated heterocycles. The van der Waals surface area contributed by atoms with Gasteiger partial charge in [0.25, 0.3) is 5.56 Å². The minimum atomic E-state index is -0.215. The van der Waals surface area contributed by atoms with E-state index in [0.29, 0.717) is 17.9 Å². The maximum Gasteiger partial charge on any atom is 0.251 e. The highest BCUT2D eigenvalue weighted by molar-refractivity contribution is 5.75. The maximum atomic E-state index is 11.5. The third-order valence-corrected chi connectivity index (χ3v) is 2.17. The van der Waals surface area contributed by atoms with Crippen molar-refractivity contribution in [2.75, 3.05) is 12.3 Å². The van der Waals surface area contributed by atoms with Crippen molar-refractivity contribution in [1.82, 2.24) is 9.88 Å². The number of amides is 1. The Labute approximate surface area is 87.9 Å². The van der Waals surface area contributed by atoms with Crippen LogP contribution in [0.2, 0.25) is 0 Å². The van der Waals surface area contributed by atoms with Gasteiger partial charge in [-0.2, -0.15) is 0 Å². The average Bonchev–Trinajstić information content (AvgIpc) is 2.19. The van der Waals surface area contributed by atoms with Crippen molar-refractivity contribution in [2.45, 2.75) is 20.4 Å². The molecule has 0 spiro atoms. The predicted octanol–water partition coefficient (Wildman–Crippen LogP) is -0.125. The van der Waals surface area contributed by atoms with Gasteiger partial charge in [-0.25, -0.2) is 0 Å². The van der Waals surface area contributed by atoms with Crippen LogP contribution in [0, 0.1) is 6.92 Å². The highest BCUT2D eigenvalue weighted by Gasteiger charge is 2.07. The van der Waals surface area contributed by atoms with Gasteiger partial charge in [0.05, 0.1) is 5.69 Å². The topological polar surface area (TPSA) is 77.1 Å². The Morgan fingerprint density at radius 1 is 1.53 bits per heavy atom. The minimum absolute atomic E-state index is 0.0174. The largest absolute Gasteiger partial charge is 0.397 e. The first-order valence-corrected chi connectivity index (χ1v) is 4.79. The zero-order valence-corrected chi connectivity index (χ0v) is 8.91. The molecule has 15 heavy (non-hydrogen) atoms. The maximum absolute atomic E-state index is 11.5. The summed E-state index contributed by atoms with van der Waals surface area (Å²) < 4.78 is 1.36. The first kappa shape index (κ1) is 11.3. The summed E-state index contributed by atoms with van der Waals surface area (Å²) >= 11 is 0. The predicted molar refractivity (Wildman–Crippen MR) is 58.5 cm³/mol. The molecule has 1 amide bonds. The molecule has 1 aromatic heterocycles. The number of pyridine rings is 1. The molecule has 5 nitrogen and oxygen atoms in total. The number of aromatic nitrogens is 1. The number of hydrogen-bond donors (Lipinski definition) is 2. The van der Waals surface area contributed by atoms with Crippen molar-refractivity contribution < 1.29 is 4.79 Å². The SMILES string of the molecule is CCNC(=O)Cn1c(C)c(N)ccc1=O. The van der Waals surface area contributed by atoms with Crippen molar-refractivity contribution >= 4 is 11.6 Å². The first-order chi connectivity index (χ1) is 7.06. The molecular weight excluding hydrogens is 194 g/mol. The van der Waals surface area contributed by atoms with Crippen LogP contribution in [0.25, 0.3) is 0 Å². The lowest BCUT2D eigenvalue weighted by atomic mass is 10.3. The van der Waals surface area contributed by atoms with Crippen LogP contribution in [0.5, 0.6) is 0 Å². The smallest absolute Gasteiger partial charge is 0.251 e. The summed E-state index contributed by atoms with van der Waals surface area (Å²) in [7, 11) is 0. The zero-order chi connectivity index (χ0) is 11.4. The summed E-state index contributed by atoms with van der Waals surface area (Å²) in [4.78, 5) is 22.8. The van der Waals surface area contributed by atoms with E-state index in [0.717, 1.165) is 0 Å². The van der Waals surface area contributed by atoms with E-state index in [1.807, 2.05) is 6.92 Å². The quantitative estimate of drug-likeness (QED) is 0.728. The lowest BCUT2D eigenvalue weighted by Crippen LogP contribution is -2.33. The van der Waals surface area contributed by atoms with Crippen molar-refractivity contribution in [3.8, 4) is 0 Å². The number of rotatable bonds is 3. The number of carbonyl (C=O) groups is 1. The molecule has 0 unspecified atom stereocenters. The molecule has 0 fully saturated rings. The van der Waals surface area contributed by atoms with Gasteiger partial charge < -0.3 is 15.6 Å². The van der Waals surface area contributed by atoms with Gasteiger partial charge in [-0.05, 0) is 19.9 Å². The molecular formula is C10H15N3O2. The Morgan fingerprint density at radius 2 is 2.20 bits per heavy atom. The fraction of sp³-hybridized carbons (Fsp3) is 0.400. The van der Waals surface area contributed by atoms with Crippen molar-refractivity contribution in [3.63, 3.8) is 0 Å². The molecule has 0 aliphatic carbocycles. The molecule has 0 atom stereocenters. The third kappa shape index (κ3) is 2.59. The van der Waals surface area contributed by atoms with E-state index in [9.17, 15) is 9.59 Å². The summed E-state index contributed by atoms with van der Waals surface area (Å²) in [6.07, 6.45) is 0. The Bertz CT molecular complexity index is 423. The molecule has 3 N–H and O–H groups in total. The Hall–Kier alpha value is -1.78. The van der Waals surface area contributed by atoms with E-state index in [4.69, 9.17) is 5.73 Å². The molecule has 0 radical (unpaired) electrons. The Kier molecular flexibility index (Phi) is 3.49. The monoisotopic (exact) mass is 209 g/mol. The standard InChI is InChI=1S/C10H15N3O2/c1-3-12-9(14)6-13-7(2)8(11)4-5-10(13)15/h4-5H,3,6,11H2,1-2H3,(H,12,14). The van der Waals surface area contributed by atoms with E-state index < -0.39 is 0 Å². The van der Waals surface area contributed by atoms with Crippen molar-refractivity contribution in [3.05, 3.63) is 28.2 Å². The van der Waals surface area contributed by atoms with E-state index in [1.54, 1.807) is 13.0 Å². The van der Waals surface area contributed by atoms with Gasteiger partial charge in [0, 0.05) is 18.3 Å². The molecule has 0 saturated carbocycles. The molecule has 0 bridgehead atoms. The van der Waals surface area contributed by atoms with Gasteiger partial charge in [0.2, 0.25) is 5.91 Å². The molecule has 0 aliphatic heterocycles. The molecule has 1 rings (SSSR count). The van der Waals surface area contributed by atoms with Gasteiger partial charge in [0.1, 0.15) is 6.54 Å². The molecule has 5 heteroatoms. The Morgan fingerprint density at radius 3 is 2.80 bits per heavy atom. The fourth-order valence-electron chi connectivity index (χ4n) is 1.29. The van der Waals surface area contributed by atoms with Crippen LogP contribution in [0.15, 0.2) is 16.9 Å². The summed E-state index contributed by atoms with van der Waals surface area (Å²) in [6, 6.07) is 2.91. The summed E-state index contributed by atoms with van der Waals surface area (Å²) in [5.74, 6) is -0.187. The summed E-state index contributed by atoms with van der Waals surface area (Å²) in [6.45, 7) is 4.11. The van der Waals surface area contributed by atoms with E-state index in [1.165, 1.54) is 10.6 Å². The average molecular weight is 209 g/mol. The van der Waals surface area contributed by atoms with Gasteiger partial charge in [-0.3, -0.25) is 9.59 Å². The second-order valence-corrected chi connectivity index (χ2v) is 3.25. The van der Waals surface area contributed by atoms with E-state index >= 15 is 0 Å². The van der Waals surface area contributed by atoms with Crippen LogP contribution in [0.3, 0.4) is 0 Å². The van der Waals surface area contributed by atoms with Gasteiger partial charge in [-0.1, -0.05) is 0 Å². The molecule has 1 aromatic rings. The highest BCUT2D eigenvalue weighted by atomic mass is 16.2. The number of nitrogens with one attached hydrogen (secondary N) is 1. The van der Waals surface area contributed by atoms with Crippen LogP contribution in [0.1, 0.15) is 12.6 Å². The first-order valence-electron chi connectivity index (χ1n) is 4.79. The van der Waals surface area contributed by atoms with E-state index in [-0.39, 0.29) is 18.0 Å². The number of likely N-dealkylation sites (N-methyl/N-ethyl adjacent to an activating group) is 1. The normalized spacial score (nSPS) is 10.0. The van der Waals surface area contributed by atoms with Gasteiger partial charge in [0.15, 0.2) is 0 Å². The van der Waals surface area contributed by atoms with Crippen molar-refractivity contribution in [2.24, 2.45) is 0 Å². The van der Waals surface area contributed by atoms with Gasteiger partial charge >= 0.3 is 0 Å². The molecule has 0 aromatic carbocycles. The number of nitrogens with two attached hydrogens (primary N) is 1. The van der Waals surface area contributed by atoms with Crippen LogP contribution in [-0.2, 0) is 11.3 Å². The van der Waals surface area contributed by atoms with Crippen LogP contribution < -0.4 is 16.6 Å². The number of carbonyl (C=O) groups excluding carboxylic acids is 1. The van der Waals surface area contributed by atoms with E-state index in [2.05, 4.69) is 5.32 Å². The lowest BCUT2D eigenvalue weighted by Gasteiger charge is -2.10. The van der Waals surface area contributed by atoms with Crippen LogP contribution in [-0.4, -0.2) is 17.0 Å². The number of nitrogens with zero attached hydrogens (tertiary/aromatic N) is 1. The molecule has 0 aliphatic rings. The molecule has 82 valence electrons. The number of hydrogen-bond acceptors (Lipinski definition) is 3. The zero-order valence-electron chi connectivity index (χ0n) is 8.91. The highest BCUT2D eigenvalue weighted by Crippen LogP contribution is 2.05. The number of anilines is 1. The Balaban J connectivity index is 2.99. The van der Waals surface area contributed by atoms with Crippen molar-refractivity contribution in [1.29, 1.82) is 0 Å². The summed E-state index contributed by atoms with van der Waals surface area (Å²) in [5.41, 5.74) is 6.56. The second-order valence-electron chi connectivity index (χ2n) is 3.25.